The van der Waals surface area contributed by atoms with Gasteiger partial charge in [-0.05, 0) is 32.4 Å². The summed E-state index contributed by atoms with van der Waals surface area (Å²) in [6, 6.07) is 6.68. The second kappa shape index (κ2) is 12.3. The fourth-order valence-corrected chi connectivity index (χ4v) is 4.26. The van der Waals surface area contributed by atoms with E-state index in [1.807, 2.05) is 6.07 Å². The fourth-order valence-electron chi connectivity index (χ4n) is 4.26. The van der Waals surface area contributed by atoms with Gasteiger partial charge >= 0.3 is 12.1 Å². The first-order valence-electron chi connectivity index (χ1n) is 12.0. The van der Waals surface area contributed by atoms with Crippen LogP contribution in [-0.2, 0) is 14.3 Å². The lowest BCUT2D eigenvalue weighted by Crippen LogP contribution is -2.62. The number of fused-ring (bicyclic) bond motifs is 1. The first-order valence-corrected chi connectivity index (χ1v) is 12.0. The molecule has 3 atom stereocenters. The average molecular weight is 517 g/mol. The highest BCUT2D eigenvalue weighted by Gasteiger charge is 2.38. The number of nitrogens with one attached hydrogen (secondary N) is 1. The van der Waals surface area contributed by atoms with Crippen LogP contribution >= 0.6 is 0 Å². The van der Waals surface area contributed by atoms with Crippen LogP contribution in [0.4, 0.5) is 4.79 Å². The van der Waals surface area contributed by atoms with E-state index in [0.717, 1.165) is 0 Å². The Morgan fingerprint density at radius 1 is 1.22 bits per heavy atom. The maximum absolute atomic E-state index is 13.4. The van der Waals surface area contributed by atoms with Crippen molar-refractivity contribution in [2.75, 3.05) is 33.4 Å². The van der Waals surface area contributed by atoms with Gasteiger partial charge in [-0.1, -0.05) is 12.1 Å². The molecule has 0 aliphatic carbocycles. The summed E-state index contributed by atoms with van der Waals surface area (Å²) in [5, 5.41) is 22.8. The van der Waals surface area contributed by atoms with Gasteiger partial charge in [0.05, 0.1) is 31.4 Å². The van der Waals surface area contributed by atoms with Crippen LogP contribution in [0.3, 0.4) is 0 Å². The van der Waals surface area contributed by atoms with E-state index in [2.05, 4.69) is 10.3 Å². The Labute approximate surface area is 214 Å². The average Bonchev–Trinajstić information content (AvgIpc) is 2.89. The summed E-state index contributed by atoms with van der Waals surface area (Å²) < 4.78 is 10.4. The molecule has 2 aromatic rings. The predicted octanol–water partition coefficient (Wildman–Crippen LogP) is 1.26. The molecule has 1 aromatic heterocycles. The summed E-state index contributed by atoms with van der Waals surface area (Å²) in [6.45, 7) is 3.59. The van der Waals surface area contributed by atoms with Gasteiger partial charge in [-0.15, -0.1) is 0 Å². The molecule has 3 N–H and O–H groups in total. The number of aliphatic hydroxyl groups excluding tert-OH is 1. The largest absolute Gasteiger partial charge is 0.496 e. The molecule has 12 nitrogen and oxygen atoms in total. The summed E-state index contributed by atoms with van der Waals surface area (Å²) in [6.07, 6.45) is -2.05. The molecule has 0 bridgehead atoms. The van der Waals surface area contributed by atoms with Gasteiger partial charge in [-0.25, -0.2) is 9.78 Å². The number of methoxy groups -OCH3 is 1. The van der Waals surface area contributed by atoms with Crippen molar-refractivity contribution >= 4 is 34.8 Å². The number of carboxylic acids is 1. The van der Waals surface area contributed by atoms with Gasteiger partial charge in [0.25, 0.3) is 5.91 Å². The molecule has 3 amide bonds. The number of carbonyl (C=O) groups is 4. The number of ether oxygens (including phenoxy) is 2. The number of aliphatic carboxylic acids is 1. The van der Waals surface area contributed by atoms with Crippen molar-refractivity contribution in [3.05, 3.63) is 36.0 Å². The zero-order valence-corrected chi connectivity index (χ0v) is 21.0. The Bertz CT molecular complexity index is 1150. The number of para-hydroxylation sites is 1. The summed E-state index contributed by atoms with van der Waals surface area (Å²) in [4.78, 5) is 57.3. The normalized spacial score (nSPS) is 17.1. The van der Waals surface area contributed by atoms with E-state index in [4.69, 9.17) is 9.47 Å². The lowest BCUT2D eigenvalue weighted by atomic mass is 10.0. The highest BCUT2D eigenvalue weighted by molar-refractivity contribution is 5.99. The molecule has 12 heteroatoms. The third-order valence-electron chi connectivity index (χ3n) is 6.17. The number of benzene rings is 1. The van der Waals surface area contributed by atoms with Crippen LogP contribution in [0.15, 0.2) is 30.3 Å². The Hall–Kier alpha value is -3.93. The van der Waals surface area contributed by atoms with E-state index >= 15 is 0 Å². The molecule has 1 aliphatic heterocycles. The van der Waals surface area contributed by atoms with Gasteiger partial charge in [-0.2, -0.15) is 0 Å². The van der Waals surface area contributed by atoms with Crippen LogP contribution < -0.4 is 10.1 Å². The zero-order valence-electron chi connectivity index (χ0n) is 21.0. The number of aromatic nitrogens is 1. The maximum atomic E-state index is 13.4. The molecular formula is C25H32N4O8. The smallest absolute Gasteiger partial charge is 0.410 e. The molecule has 2 heterocycles. The molecule has 0 saturated carbocycles. The SMILES string of the molecule is CCOC(=O)N1CCN(C(=O)C(CCC(=O)O)NC(=O)c2cc(OC)c3ccccc3n2)CC1C(C)O. The third-order valence-corrected chi connectivity index (χ3v) is 6.17. The monoisotopic (exact) mass is 516 g/mol. The number of hydrogen-bond donors (Lipinski definition) is 3. The first-order chi connectivity index (χ1) is 17.7. The number of carboxylic acid groups (broad SMARTS) is 1. The minimum Gasteiger partial charge on any atom is -0.496 e. The van der Waals surface area contributed by atoms with Crippen LogP contribution in [0.5, 0.6) is 5.75 Å². The van der Waals surface area contributed by atoms with Crippen LogP contribution in [0.1, 0.15) is 37.2 Å². The Morgan fingerprint density at radius 2 is 1.95 bits per heavy atom. The van der Waals surface area contributed by atoms with E-state index in [1.165, 1.54) is 29.9 Å². The molecular weight excluding hydrogens is 484 g/mol. The van der Waals surface area contributed by atoms with Gasteiger partial charge < -0.3 is 29.9 Å². The summed E-state index contributed by atoms with van der Waals surface area (Å²) in [5.74, 6) is -1.87. The van der Waals surface area contributed by atoms with Crippen molar-refractivity contribution in [2.45, 2.75) is 44.9 Å². The van der Waals surface area contributed by atoms with Gasteiger partial charge in [0, 0.05) is 37.5 Å². The van der Waals surface area contributed by atoms with Crippen molar-refractivity contribution in [3.63, 3.8) is 0 Å². The highest BCUT2D eigenvalue weighted by atomic mass is 16.6. The molecule has 0 spiro atoms. The standard InChI is InChI=1S/C25H32N4O8/c1-4-37-25(35)29-12-11-28(14-20(29)15(2)30)24(34)18(9-10-22(31)32)27-23(33)19-13-21(36-3)16-7-5-6-8-17(16)26-19/h5-8,13,15,18,20,30H,4,9-12,14H2,1-3H3,(H,27,33)(H,31,32). The molecule has 3 unspecified atom stereocenters. The predicted molar refractivity (Wildman–Crippen MR) is 132 cm³/mol. The minimum atomic E-state index is -1.16. The Kier molecular flexibility index (Phi) is 9.23. The van der Waals surface area contributed by atoms with Crippen LogP contribution in [-0.4, -0.2) is 100 Å². The number of aliphatic hydroxyl groups is 1. The van der Waals surface area contributed by atoms with E-state index in [0.29, 0.717) is 16.7 Å². The number of hydrogen-bond acceptors (Lipinski definition) is 8. The second-order valence-electron chi connectivity index (χ2n) is 8.67. The van der Waals surface area contributed by atoms with Crippen molar-refractivity contribution in [2.24, 2.45) is 0 Å². The number of amides is 3. The van der Waals surface area contributed by atoms with Gasteiger partial charge in [-0.3, -0.25) is 19.3 Å². The maximum Gasteiger partial charge on any atom is 0.410 e. The molecule has 1 saturated heterocycles. The number of rotatable bonds is 9. The van der Waals surface area contributed by atoms with E-state index in [-0.39, 0.29) is 44.8 Å². The van der Waals surface area contributed by atoms with E-state index in [9.17, 15) is 29.4 Å². The second-order valence-corrected chi connectivity index (χ2v) is 8.67. The van der Waals surface area contributed by atoms with Crippen LogP contribution in [0.25, 0.3) is 10.9 Å². The Morgan fingerprint density at radius 3 is 2.59 bits per heavy atom. The minimum absolute atomic E-state index is 0.00317. The van der Waals surface area contributed by atoms with Crippen molar-refractivity contribution in [1.29, 1.82) is 0 Å². The van der Waals surface area contributed by atoms with Crippen molar-refractivity contribution in [3.8, 4) is 5.75 Å². The molecule has 37 heavy (non-hydrogen) atoms. The lowest BCUT2D eigenvalue weighted by Gasteiger charge is -2.42. The van der Waals surface area contributed by atoms with Gasteiger partial charge in [0.1, 0.15) is 17.5 Å². The molecule has 1 aliphatic rings. The van der Waals surface area contributed by atoms with Crippen LogP contribution in [0, 0.1) is 0 Å². The third kappa shape index (κ3) is 6.64. The topological polar surface area (TPSA) is 159 Å². The first kappa shape index (κ1) is 27.7. The van der Waals surface area contributed by atoms with Crippen molar-refractivity contribution < 1.29 is 38.9 Å². The molecule has 0 radical (unpaired) electrons. The Balaban J connectivity index is 1.81. The molecule has 1 aromatic carbocycles. The molecule has 200 valence electrons. The number of piperazine rings is 1. The van der Waals surface area contributed by atoms with Crippen molar-refractivity contribution in [1.82, 2.24) is 20.1 Å². The zero-order chi connectivity index (χ0) is 27.1. The lowest BCUT2D eigenvalue weighted by molar-refractivity contribution is -0.139. The van der Waals surface area contributed by atoms with E-state index < -0.39 is 42.1 Å². The van der Waals surface area contributed by atoms with E-state index in [1.54, 1.807) is 25.1 Å². The van der Waals surface area contributed by atoms with Gasteiger partial charge in [0.15, 0.2) is 0 Å². The molecule has 3 rings (SSSR count). The molecule has 1 fully saturated rings. The van der Waals surface area contributed by atoms with Crippen LogP contribution in [0.2, 0.25) is 0 Å². The number of nitrogens with zero attached hydrogens (tertiary/aromatic N) is 3. The quantitative estimate of drug-likeness (QED) is 0.446. The van der Waals surface area contributed by atoms with Gasteiger partial charge in [0.2, 0.25) is 5.91 Å². The number of pyridine rings is 1. The summed E-state index contributed by atoms with van der Waals surface area (Å²) >= 11 is 0. The highest BCUT2D eigenvalue weighted by Crippen LogP contribution is 2.25. The fraction of sp³-hybridized carbons (Fsp3) is 0.480. The summed E-state index contributed by atoms with van der Waals surface area (Å²) in [5.41, 5.74) is 0.535. The number of carbonyl (C=O) groups excluding carboxylic acids is 3. The summed E-state index contributed by atoms with van der Waals surface area (Å²) in [7, 11) is 1.47.